The molecule has 174 valence electrons. The van der Waals surface area contributed by atoms with Crippen LogP contribution in [0, 0.1) is 0 Å². The predicted molar refractivity (Wildman–Crippen MR) is 148 cm³/mol. The molecule has 1 heterocycles. The third kappa shape index (κ3) is 5.62. The van der Waals surface area contributed by atoms with E-state index < -0.39 is 0 Å². The van der Waals surface area contributed by atoms with E-state index in [2.05, 4.69) is 57.9 Å². The Balaban J connectivity index is 1.60. The Labute approximate surface area is 227 Å². The van der Waals surface area contributed by atoms with Crippen molar-refractivity contribution in [2.75, 3.05) is 0 Å². The van der Waals surface area contributed by atoms with Crippen LogP contribution in [-0.4, -0.2) is 15.9 Å². The van der Waals surface area contributed by atoms with Gasteiger partial charge in [-0.05, 0) is 54.1 Å². The van der Waals surface area contributed by atoms with Crippen LogP contribution in [0.1, 0.15) is 36.7 Å². The second-order valence-electron chi connectivity index (χ2n) is 7.86. The molecule has 0 aliphatic carbocycles. The number of rotatable bonds is 6. The van der Waals surface area contributed by atoms with Crippen molar-refractivity contribution in [3.8, 4) is 5.75 Å². The molecule has 34 heavy (non-hydrogen) atoms. The number of benzene rings is 3. The zero-order valence-corrected chi connectivity index (χ0v) is 23.7. The van der Waals surface area contributed by atoms with Gasteiger partial charge >= 0.3 is 0 Å². The van der Waals surface area contributed by atoms with Gasteiger partial charge in [0.2, 0.25) is 0 Å². The van der Waals surface area contributed by atoms with Crippen molar-refractivity contribution in [3.63, 3.8) is 0 Å². The fraction of sp³-hybridized carbons (Fsp3) is 0.160. The molecule has 0 N–H and O–H groups in total. The van der Waals surface area contributed by atoms with Crippen LogP contribution in [0.25, 0.3) is 10.9 Å². The summed E-state index contributed by atoms with van der Waals surface area (Å²) < 4.78 is 9.99. The third-order valence-corrected chi connectivity index (χ3v) is 7.05. The van der Waals surface area contributed by atoms with E-state index in [-0.39, 0.29) is 11.5 Å². The van der Waals surface area contributed by atoms with E-state index >= 15 is 0 Å². The summed E-state index contributed by atoms with van der Waals surface area (Å²) in [6, 6.07) is 16.7. The van der Waals surface area contributed by atoms with Crippen LogP contribution in [0.5, 0.6) is 5.75 Å². The molecule has 4 rings (SSSR count). The number of fused-ring (bicyclic) bond motifs is 1. The Morgan fingerprint density at radius 3 is 2.50 bits per heavy atom. The van der Waals surface area contributed by atoms with Gasteiger partial charge in [0.25, 0.3) is 5.56 Å². The van der Waals surface area contributed by atoms with Crippen molar-refractivity contribution >= 4 is 76.5 Å². The van der Waals surface area contributed by atoms with Gasteiger partial charge in [-0.1, -0.05) is 79.3 Å². The van der Waals surface area contributed by atoms with Crippen LogP contribution in [0.15, 0.2) is 77.9 Å². The summed E-state index contributed by atoms with van der Waals surface area (Å²) >= 11 is 16.9. The first-order chi connectivity index (χ1) is 16.2. The summed E-state index contributed by atoms with van der Waals surface area (Å²) in [5.41, 5.74) is 2.15. The van der Waals surface area contributed by atoms with E-state index in [0.717, 1.165) is 24.5 Å². The molecule has 0 saturated heterocycles. The van der Waals surface area contributed by atoms with Gasteiger partial charge in [0, 0.05) is 24.9 Å². The Morgan fingerprint density at radius 2 is 1.79 bits per heavy atom. The average molecular weight is 669 g/mol. The van der Waals surface area contributed by atoms with Gasteiger partial charge in [0.15, 0.2) is 0 Å². The van der Waals surface area contributed by atoms with Crippen molar-refractivity contribution in [1.29, 1.82) is 0 Å². The topological polar surface area (TPSA) is 56.5 Å². The lowest BCUT2D eigenvalue weighted by molar-refractivity contribution is 0.305. The van der Waals surface area contributed by atoms with Crippen LogP contribution in [0.2, 0.25) is 5.02 Å². The van der Waals surface area contributed by atoms with Crippen LogP contribution >= 0.6 is 59.4 Å². The first-order valence-electron chi connectivity index (χ1n) is 10.4. The molecule has 0 aliphatic rings. The number of ether oxygens (including phenoxy) is 1. The van der Waals surface area contributed by atoms with Gasteiger partial charge in [-0.25, -0.2) is 4.98 Å². The molecular formula is C25H19Br3ClN3O2. The minimum Gasteiger partial charge on any atom is -0.487 e. The molecule has 3 aromatic carbocycles. The van der Waals surface area contributed by atoms with E-state index in [1.54, 1.807) is 24.4 Å². The van der Waals surface area contributed by atoms with Crippen LogP contribution in [-0.2, 0) is 6.61 Å². The van der Waals surface area contributed by atoms with Crippen LogP contribution in [0.4, 0.5) is 0 Å². The van der Waals surface area contributed by atoms with E-state index in [0.29, 0.717) is 34.1 Å². The largest absolute Gasteiger partial charge is 0.487 e. The average Bonchev–Trinajstić information content (AvgIpc) is 2.79. The lowest BCUT2D eigenvalue weighted by Gasteiger charge is -2.12. The lowest BCUT2D eigenvalue weighted by atomic mass is 10.2. The Kier molecular flexibility index (Phi) is 7.92. The van der Waals surface area contributed by atoms with E-state index in [1.165, 1.54) is 4.68 Å². The van der Waals surface area contributed by atoms with E-state index in [4.69, 9.17) is 16.3 Å². The molecule has 0 unspecified atom stereocenters. The molecule has 5 nitrogen and oxygen atoms in total. The van der Waals surface area contributed by atoms with Crippen molar-refractivity contribution < 1.29 is 4.74 Å². The van der Waals surface area contributed by atoms with Gasteiger partial charge in [-0.2, -0.15) is 9.78 Å². The zero-order chi connectivity index (χ0) is 24.4. The molecule has 0 radical (unpaired) electrons. The van der Waals surface area contributed by atoms with E-state index in [9.17, 15) is 4.79 Å². The number of hydrogen-bond acceptors (Lipinski definition) is 4. The predicted octanol–water partition coefficient (Wildman–Crippen LogP) is 7.92. The molecule has 0 bridgehead atoms. The maximum Gasteiger partial charge on any atom is 0.282 e. The highest BCUT2D eigenvalue weighted by molar-refractivity contribution is 9.11. The van der Waals surface area contributed by atoms with Gasteiger partial charge in [-0.3, -0.25) is 4.79 Å². The molecule has 0 spiro atoms. The first-order valence-corrected chi connectivity index (χ1v) is 13.1. The number of hydrogen-bond donors (Lipinski definition) is 0. The molecule has 0 saturated carbocycles. The smallest absolute Gasteiger partial charge is 0.282 e. The highest BCUT2D eigenvalue weighted by atomic mass is 79.9. The van der Waals surface area contributed by atoms with Gasteiger partial charge < -0.3 is 4.74 Å². The van der Waals surface area contributed by atoms with Crippen LogP contribution in [0.3, 0.4) is 0 Å². The third-order valence-electron chi connectivity index (χ3n) is 5.03. The fourth-order valence-electron chi connectivity index (χ4n) is 3.28. The maximum absolute atomic E-state index is 13.2. The van der Waals surface area contributed by atoms with Gasteiger partial charge in [0.05, 0.1) is 22.1 Å². The SMILES string of the molecule is CC(C)c1nc2ccc(Br)cc2c(=O)n1N=Cc1ccc(OCc2ccc(Br)cc2Br)c(Cl)c1. The standard InChI is InChI=1S/C25H19Br3ClN3O2/c1-14(2)24-31-22-7-6-17(26)10-19(22)25(33)32(24)30-12-15-3-8-23(21(29)9-15)34-13-16-4-5-18(27)11-20(16)28/h3-12,14H,13H2,1-2H3. The first kappa shape index (κ1) is 25.1. The minimum absolute atomic E-state index is 0.00944. The molecule has 0 aliphatic heterocycles. The van der Waals surface area contributed by atoms with Gasteiger partial charge in [-0.15, -0.1) is 0 Å². The van der Waals surface area contributed by atoms with Crippen molar-refractivity contribution in [2.45, 2.75) is 26.4 Å². The zero-order valence-electron chi connectivity index (χ0n) is 18.2. The van der Waals surface area contributed by atoms with E-state index in [1.807, 2.05) is 50.2 Å². The molecule has 1 aromatic heterocycles. The molecule has 0 atom stereocenters. The molecular weight excluding hydrogens is 649 g/mol. The second kappa shape index (κ2) is 10.7. The molecule has 0 amide bonds. The number of halogens is 4. The quantitative estimate of drug-likeness (QED) is 0.196. The highest BCUT2D eigenvalue weighted by Crippen LogP contribution is 2.28. The fourth-order valence-corrected chi connectivity index (χ4v) is 5.05. The summed E-state index contributed by atoms with van der Waals surface area (Å²) in [5, 5.41) is 5.40. The number of nitrogens with zero attached hydrogens (tertiary/aromatic N) is 3. The normalized spacial score (nSPS) is 11.6. The Bertz CT molecular complexity index is 1470. The molecule has 9 heteroatoms. The summed E-state index contributed by atoms with van der Waals surface area (Å²) in [6.07, 6.45) is 1.60. The minimum atomic E-state index is -0.225. The molecule has 0 fully saturated rings. The summed E-state index contributed by atoms with van der Waals surface area (Å²) in [5.74, 6) is 1.16. The van der Waals surface area contributed by atoms with Crippen molar-refractivity contribution in [2.24, 2.45) is 5.10 Å². The lowest BCUT2D eigenvalue weighted by Crippen LogP contribution is -2.23. The van der Waals surface area contributed by atoms with Crippen LogP contribution < -0.4 is 10.3 Å². The van der Waals surface area contributed by atoms with Crippen molar-refractivity contribution in [1.82, 2.24) is 9.66 Å². The number of aromatic nitrogens is 2. The second-order valence-corrected chi connectivity index (χ2v) is 11.0. The highest BCUT2D eigenvalue weighted by Gasteiger charge is 2.14. The molecule has 4 aromatic rings. The monoisotopic (exact) mass is 665 g/mol. The van der Waals surface area contributed by atoms with Gasteiger partial charge in [0.1, 0.15) is 18.2 Å². The Morgan fingerprint density at radius 1 is 1.06 bits per heavy atom. The summed E-state index contributed by atoms with van der Waals surface area (Å²) in [7, 11) is 0. The Hall–Kier alpha value is -2.00. The summed E-state index contributed by atoms with van der Waals surface area (Å²) in [4.78, 5) is 17.8. The summed E-state index contributed by atoms with van der Waals surface area (Å²) in [6.45, 7) is 4.32. The maximum atomic E-state index is 13.2. The van der Waals surface area contributed by atoms with Crippen molar-refractivity contribution in [3.05, 3.63) is 100 Å².